The summed E-state index contributed by atoms with van der Waals surface area (Å²) in [5, 5.41) is 12.9. The molecule has 0 saturated carbocycles. The lowest BCUT2D eigenvalue weighted by Gasteiger charge is -2.19. The summed E-state index contributed by atoms with van der Waals surface area (Å²) < 4.78 is 6.76. The number of anilines is 1. The van der Waals surface area contributed by atoms with Gasteiger partial charge in [0.15, 0.2) is 0 Å². The number of nitrogens with one attached hydrogen (secondary N) is 2. The summed E-state index contributed by atoms with van der Waals surface area (Å²) in [6, 6.07) is 9.41. The van der Waals surface area contributed by atoms with Gasteiger partial charge in [-0.1, -0.05) is 18.2 Å². The number of nitrogens with zero attached hydrogens (tertiary/aromatic N) is 3. The minimum atomic E-state index is -0.571. The molecule has 2 amide bonds. The minimum Gasteiger partial charge on any atom is -0.444 e. The summed E-state index contributed by atoms with van der Waals surface area (Å²) in [5.74, 6) is 0.0414. The van der Waals surface area contributed by atoms with Gasteiger partial charge < -0.3 is 10.1 Å². The molecule has 2 N–H and O–H groups in total. The van der Waals surface area contributed by atoms with Gasteiger partial charge in [0.1, 0.15) is 11.9 Å². The molecule has 8 heteroatoms. The molecule has 1 heterocycles. The van der Waals surface area contributed by atoms with Crippen LogP contribution in [0.1, 0.15) is 27.2 Å². The van der Waals surface area contributed by atoms with Crippen molar-refractivity contribution in [2.45, 2.75) is 32.8 Å². The second-order valence-electron chi connectivity index (χ2n) is 6.09. The number of alkyl carbamates (subject to hydrolysis) is 1. The van der Waals surface area contributed by atoms with E-state index in [2.05, 4.69) is 20.8 Å². The first kappa shape index (κ1) is 17.5. The van der Waals surface area contributed by atoms with Crippen LogP contribution in [0.25, 0.3) is 5.69 Å². The van der Waals surface area contributed by atoms with Crippen LogP contribution in [0.4, 0.5) is 10.7 Å². The van der Waals surface area contributed by atoms with Crippen LogP contribution in [0, 0.1) is 0 Å². The molecule has 24 heavy (non-hydrogen) atoms. The zero-order valence-corrected chi connectivity index (χ0v) is 13.9. The van der Waals surface area contributed by atoms with Crippen molar-refractivity contribution in [3.8, 4) is 5.69 Å². The molecule has 1 aromatic heterocycles. The molecule has 2 rings (SSSR count). The SMILES string of the molecule is CC(C)(C)OC(=O)NCCC(=O)Nc1nncn1-c1ccccc1. The maximum Gasteiger partial charge on any atom is 0.407 e. The Morgan fingerprint density at radius 2 is 1.92 bits per heavy atom. The second-order valence-corrected chi connectivity index (χ2v) is 6.09. The zero-order valence-electron chi connectivity index (χ0n) is 13.9. The molecule has 0 aliphatic heterocycles. The van der Waals surface area contributed by atoms with Crippen LogP contribution in [0.5, 0.6) is 0 Å². The van der Waals surface area contributed by atoms with Gasteiger partial charge in [0.2, 0.25) is 11.9 Å². The highest BCUT2D eigenvalue weighted by molar-refractivity contribution is 5.89. The number of aromatic nitrogens is 3. The average molecular weight is 331 g/mol. The third kappa shape index (κ3) is 5.38. The Labute approximate surface area is 140 Å². The summed E-state index contributed by atoms with van der Waals surface area (Å²) in [6.45, 7) is 5.49. The van der Waals surface area contributed by atoms with Crippen molar-refractivity contribution in [2.75, 3.05) is 11.9 Å². The molecule has 0 spiro atoms. The molecule has 0 aliphatic carbocycles. The summed E-state index contributed by atoms with van der Waals surface area (Å²) in [6.07, 6.45) is 1.06. The van der Waals surface area contributed by atoms with Crippen LogP contribution in [-0.4, -0.2) is 38.9 Å². The van der Waals surface area contributed by atoms with Gasteiger partial charge in [-0.25, -0.2) is 4.79 Å². The van der Waals surface area contributed by atoms with E-state index in [0.717, 1.165) is 5.69 Å². The van der Waals surface area contributed by atoms with Crippen molar-refractivity contribution in [3.63, 3.8) is 0 Å². The van der Waals surface area contributed by atoms with E-state index in [4.69, 9.17) is 4.74 Å². The molecule has 0 bridgehead atoms. The van der Waals surface area contributed by atoms with Crippen LogP contribution in [0.3, 0.4) is 0 Å². The van der Waals surface area contributed by atoms with E-state index in [9.17, 15) is 9.59 Å². The van der Waals surface area contributed by atoms with Crippen molar-refractivity contribution in [3.05, 3.63) is 36.7 Å². The summed E-state index contributed by atoms with van der Waals surface area (Å²) >= 11 is 0. The van der Waals surface area contributed by atoms with Crippen LogP contribution >= 0.6 is 0 Å². The van der Waals surface area contributed by atoms with E-state index in [1.165, 1.54) is 6.33 Å². The lowest BCUT2D eigenvalue weighted by molar-refractivity contribution is -0.116. The van der Waals surface area contributed by atoms with Crippen molar-refractivity contribution < 1.29 is 14.3 Å². The van der Waals surface area contributed by atoms with Gasteiger partial charge in [0, 0.05) is 13.0 Å². The molecule has 0 saturated heterocycles. The van der Waals surface area contributed by atoms with Gasteiger partial charge in [-0.05, 0) is 32.9 Å². The molecule has 0 fully saturated rings. The fraction of sp³-hybridized carbons (Fsp3) is 0.375. The van der Waals surface area contributed by atoms with E-state index in [1.54, 1.807) is 25.3 Å². The van der Waals surface area contributed by atoms with Crippen LogP contribution < -0.4 is 10.6 Å². The maximum absolute atomic E-state index is 12.0. The molecular formula is C16H21N5O3. The number of carbonyl (C=O) groups excluding carboxylic acids is 2. The third-order valence-electron chi connectivity index (χ3n) is 2.85. The fourth-order valence-corrected chi connectivity index (χ4v) is 1.88. The van der Waals surface area contributed by atoms with Crippen LogP contribution in [0.2, 0.25) is 0 Å². The topological polar surface area (TPSA) is 98.1 Å². The lowest BCUT2D eigenvalue weighted by atomic mass is 10.2. The number of carbonyl (C=O) groups is 2. The summed E-state index contributed by atoms with van der Waals surface area (Å²) in [4.78, 5) is 23.5. The van der Waals surface area contributed by atoms with Gasteiger partial charge in [-0.2, -0.15) is 0 Å². The predicted molar refractivity (Wildman–Crippen MR) is 88.8 cm³/mol. The quantitative estimate of drug-likeness (QED) is 0.874. The molecule has 2 aromatic rings. The summed E-state index contributed by atoms with van der Waals surface area (Å²) in [7, 11) is 0. The van der Waals surface area contributed by atoms with Gasteiger partial charge in [0.25, 0.3) is 0 Å². The molecule has 0 unspecified atom stereocenters. The number of rotatable bonds is 5. The van der Waals surface area contributed by atoms with Crippen molar-refractivity contribution in [1.29, 1.82) is 0 Å². The van der Waals surface area contributed by atoms with Crippen molar-refractivity contribution in [1.82, 2.24) is 20.1 Å². The predicted octanol–water partition coefficient (Wildman–Crippen LogP) is 2.12. The normalized spacial score (nSPS) is 11.0. The first-order valence-electron chi connectivity index (χ1n) is 7.57. The molecule has 8 nitrogen and oxygen atoms in total. The Morgan fingerprint density at radius 1 is 1.21 bits per heavy atom. The number of hydrogen-bond acceptors (Lipinski definition) is 5. The van der Waals surface area contributed by atoms with E-state index >= 15 is 0 Å². The number of para-hydroxylation sites is 1. The largest absolute Gasteiger partial charge is 0.444 e. The highest BCUT2D eigenvalue weighted by Gasteiger charge is 2.16. The molecule has 0 radical (unpaired) electrons. The standard InChI is InChI=1S/C16H21N5O3/c1-16(2,3)24-15(23)17-10-9-13(22)19-14-20-18-11-21(14)12-7-5-4-6-8-12/h4-8,11H,9-10H2,1-3H3,(H,17,23)(H,19,20,22). The van der Waals surface area contributed by atoms with E-state index in [1.807, 2.05) is 30.3 Å². The Bertz CT molecular complexity index is 691. The van der Waals surface area contributed by atoms with E-state index in [0.29, 0.717) is 5.95 Å². The molecule has 0 aliphatic rings. The first-order valence-corrected chi connectivity index (χ1v) is 7.57. The fourth-order valence-electron chi connectivity index (χ4n) is 1.88. The molecular weight excluding hydrogens is 310 g/mol. The van der Waals surface area contributed by atoms with Gasteiger partial charge >= 0.3 is 6.09 Å². The van der Waals surface area contributed by atoms with Gasteiger partial charge in [0.05, 0.1) is 5.69 Å². The Balaban J connectivity index is 1.84. The minimum absolute atomic E-state index is 0.0981. The molecule has 1 aromatic carbocycles. The Morgan fingerprint density at radius 3 is 2.58 bits per heavy atom. The summed E-state index contributed by atoms with van der Waals surface area (Å²) in [5.41, 5.74) is 0.267. The Kier molecular flexibility index (Phi) is 5.51. The number of benzene rings is 1. The number of hydrogen-bond donors (Lipinski definition) is 2. The molecule has 0 atom stereocenters. The second kappa shape index (κ2) is 7.58. The van der Waals surface area contributed by atoms with E-state index in [-0.39, 0.29) is 18.9 Å². The number of amides is 2. The average Bonchev–Trinajstić information content (AvgIpc) is 2.94. The third-order valence-corrected chi connectivity index (χ3v) is 2.85. The maximum atomic E-state index is 12.0. The first-order chi connectivity index (χ1) is 11.3. The highest BCUT2D eigenvalue weighted by atomic mass is 16.6. The number of ether oxygens (including phenoxy) is 1. The van der Waals surface area contributed by atoms with Crippen LogP contribution in [0.15, 0.2) is 36.7 Å². The van der Waals surface area contributed by atoms with Crippen molar-refractivity contribution >= 4 is 17.9 Å². The monoisotopic (exact) mass is 331 g/mol. The smallest absolute Gasteiger partial charge is 0.407 e. The lowest BCUT2D eigenvalue weighted by Crippen LogP contribution is -2.34. The Hall–Kier alpha value is -2.90. The van der Waals surface area contributed by atoms with E-state index < -0.39 is 11.7 Å². The highest BCUT2D eigenvalue weighted by Crippen LogP contribution is 2.12. The van der Waals surface area contributed by atoms with Crippen molar-refractivity contribution in [2.24, 2.45) is 0 Å². The van der Waals surface area contributed by atoms with Gasteiger partial charge in [-0.3, -0.25) is 14.7 Å². The molecule has 128 valence electrons. The van der Waals surface area contributed by atoms with Crippen LogP contribution in [-0.2, 0) is 9.53 Å². The zero-order chi connectivity index (χ0) is 17.6. The van der Waals surface area contributed by atoms with Gasteiger partial charge in [-0.15, -0.1) is 10.2 Å².